The zero-order valence-corrected chi connectivity index (χ0v) is 13.6. The smallest absolute Gasteiger partial charge is 0.404 e. The number of hydrogen-bond acceptors (Lipinski definition) is 5. The van der Waals surface area contributed by atoms with Crippen molar-refractivity contribution in [2.45, 2.75) is 37.9 Å². The van der Waals surface area contributed by atoms with Crippen LogP contribution >= 0.6 is 0 Å². The zero-order chi connectivity index (χ0) is 19.1. The Bertz CT molecular complexity index is 740. The Labute approximate surface area is 146 Å². The highest BCUT2D eigenvalue weighted by atomic mass is 19.4. The predicted molar refractivity (Wildman–Crippen MR) is 84.2 cm³/mol. The molecule has 1 aliphatic heterocycles. The molecule has 0 unspecified atom stereocenters. The summed E-state index contributed by atoms with van der Waals surface area (Å²) in [6.07, 6.45) is -3.42. The lowest BCUT2D eigenvalue weighted by Gasteiger charge is -2.39. The third-order valence-electron chi connectivity index (χ3n) is 4.81. The molecule has 0 aromatic carbocycles. The maximum Gasteiger partial charge on any atom is 0.404 e. The van der Waals surface area contributed by atoms with Crippen LogP contribution in [0.5, 0.6) is 0 Å². The minimum Gasteiger partial charge on any atom is -0.465 e. The van der Waals surface area contributed by atoms with Gasteiger partial charge in [-0.3, -0.25) is 15.1 Å². The van der Waals surface area contributed by atoms with E-state index in [0.717, 1.165) is 12.6 Å². The number of piperidine rings is 1. The van der Waals surface area contributed by atoms with Gasteiger partial charge in [0.25, 0.3) is 0 Å². The molecule has 0 saturated carbocycles. The number of aromatic nitrogens is 1. The van der Waals surface area contributed by atoms with Crippen LogP contribution in [0.2, 0.25) is 0 Å². The number of nitrogens with zero attached hydrogens (tertiary/aromatic N) is 3. The summed E-state index contributed by atoms with van der Waals surface area (Å²) in [5, 5.41) is 22.4. The van der Waals surface area contributed by atoms with Gasteiger partial charge < -0.3 is 15.3 Å². The van der Waals surface area contributed by atoms with Crippen LogP contribution in [0.15, 0.2) is 6.20 Å². The Hall–Kier alpha value is -2.59. The molecular weight excluding hydrogens is 357 g/mol. The number of halogens is 3. The number of pyridine rings is 1. The number of nitro groups is 1. The largest absolute Gasteiger partial charge is 0.465 e. The summed E-state index contributed by atoms with van der Waals surface area (Å²) < 4.78 is 40.0. The first-order valence-corrected chi connectivity index (χ1v) is 8.13. The van der Waals surface area contributed by atoms with E-state index in [1.165, 1.54) is 4.90 Å². The average Bonchev–Trinajstić information content (AvgIpc) is 3.00. The molecule has 1 aromatic rings. The van der Waals surface area contributed by atoms with E-state index in [2.05, 4.69) is 10.3 Å². The topological polar surface area (TPSA) is 109 Å². The lowest BCUT2D eigenvalue weighted by molar-refractivity contribution is -0.384. The van der Waals surface area contributed by atoms with Gasteiger partial charge in [-0.25, -0.2) is 4.79 Å². The third kappa shape index (κ3) is 3.51. The van der Waals surface area contributed by atoms with Crippen molar-refractivity contribution in [3.05, 3.63) is 27.6 Å². The highest BCUT2D eigenvalue weighted by Gasteiger charge is 2.46. The number of anilines is 1. The maximum absolute atomic E-state index is 13.3. The molecule has 1 fully saturated rings. The van der Waals surface area contributed by atoms with Gasteiger partial charge in [0.1, 0.15) is 11.9 Å². The molecule has 11 heteroatoms. The van der Waals surface area contributed by atoms with Gasteiger partial charge in [0.15, 0.2) is 0 Å². The number of nitrogens with one attached hydrogen (secondary N) is 1. The van der Waals surface area contributed by atoms with E-state index in [-0.39, 0.29) is 17.9 Å². The maximum atomic E-state index is 13.3. The van der Waals surface area contributed by atoms with Crippen molar-refractivity contribution in [2.24, 2.45) is 5.92 Å². The summed E-state index contributed by atoms with van der Waals surface area (Å²) in [7, 11) is 0. The van der Waals surface area contributed by atoms with E-state index >= 15 is 0 Å². The summed E-state index contributed by atoms with van der Waals surface area (Å²) in [6.45, 7) is -0.505. The van der Waals surface area contributed by atoms with Gasteiger partial charge >= 0.3 is 18.0 Å². The van der Waals surface area contributed by atoms with Crippen molar-refractivity contribution in [1.82, 2.24) is 10.3 Å². The molecule has 2 aliphatic rings. The minimum absolute atomic E-state index is 0.0594. The fraction of sp³-hybridized carbons (Fsp3) is 0.600. The Balaban J connectivity index is 2.02. The molecule has 2 atom stereocenters. The summed E-state index contributed by atoms with van der Waals surface area (Å²) in [5.41, 5.74) is 1.05. The van der Waals surface area contributed by atoms with Gasteiger partial charge in [-0.2, -0.15) is 13.2 Å². The SMILES string of the molecule is O=C(O)N[C@H]1C[C@@H](C(F)(F)F)CN(c2c([N+](=O)[O-])cnc3c2CCC3)C1. The molecular formula is C15H17F3N4O4. The standard InChI is InChI=1S/C15H17F3N4O4/c16-15(17,18)8-4-9(20-14(23)24)7-21(6-8)13-10-2-1-3-11(10)19-5-12(13)22(25)26/h5,8-9,20H,1-4,6-7H2,(H,23,24)/t8-,9+/m1/s1. The fourth-order valence-electron chi connectivity index (χ4n) is 3.76. The van der Waals surface area contributed by atoms with Gasteiger partial charge in [0.05, 0.1) is 16.9 Å². The first kappa shape index (κ1) is 18.2. The number of carbonyl (C=O) groups is 1. The third-order valence-corrected chi connectivity index (χ3v) is 4.81. The van der Waals surface area contributed by atoms with Gasteiger partial charge in [0.2, 0.25) is 0 Å². The summed E-state index contributed by atoms with van der Waals surface area (Å²) in [6, 6.07) is -0.974. The van der Waals surface area contributed by atoms with Crippen LogP contribution in [-0.4, -0.2) is 46.4 Å². The Morgan fingerprint density at radius 1 is 1.38 bits per heavy atom. The number of amides is 1. The molecule has 1 saturated heterocycles. The van der Waals surface area contributed by atoms with Crippen LogP contribution < -0.4 is 10.2 Å². The summed E-state index contributed by atoms with van der Waals surface area (Å²) in [5.74, 6) is -1.78. The molecule has 2 heterocycles. The lowest BCUT2D eigenvalue weighted by atomic mass is 9.92. The summed E-state index contributed by atoms with van der Waals surface area (Å²) in [4.78, 5) is 27.0. The van der Waals surface area contributed by atoms with Crippen molar-refractivity contribution in [3.63, 3.8) is 0 Å². The van der Waals surface area contributed by atoms with Crippen LogP contribution in [0.1, 0.15) is 24.1 Å². The van der Waals surface area contributed by atoms with Gasteiger partial charge in [0, 0.05) is 24.3 Å². The first-order chi connectivity index (χ1) is 12.2. The van der Waals surface area contributed by atoms with Crippen molar-refractivity contribution in [1.29, 1.82) is 0 Å². The molecule has 3 rings (SSSR count). The van der Waals surface area contributed by atoms with Crippen molar-refractivity contribution in [3.8, 4) is 0 Å². The minimum atomic E-state index is -4.53. The molecule has 142 valence electrons. The van der Waals surface area contributed by atoms with E-state index in [9.17, 15) is 28.1 Å². The van der Waals surface area contributed by atoms with E-state index < -0.39 is 42.1 Å². The predicted octanol–water partition coefficient (Wildman–Crippen LogP) is 2.50. The Morgan fingerprint density at radius 2 is 2.12 bits per heavy atom. The molecule has 26 heavy (non-hydrogen) atoms. The lowest BCUT2D eigenvalue weighted by Crippen LogP contribution is -2.54. The van der Waals surface area contributed by atoms with Crippen LogP contribution in [0.25, 0.3) is 0 Å². The second kappa shape index (κ2) is 6.61. The quantitative estimate of drug-likeness (QED) is 0.622. The summed E-state index contributed by atoms with van der Waals surface area (Å²) >= 11 is 0. The highest BCUT2D eigenvalue weighted by Crippen LogP contribution is 2.41. The molecule has 1 aliphatic carbocycles. The van der Waals surface area contributed by atoms with Gasteiger partial charge in [-0.1, -0.05) is 0 Å². The Morgan fingerprint density at radius 3 is 2.73 bits per heavy atom. The second-order valence-electron chi connectivity index (χ2n) is 6.55. The fourth-order valence-corrected chi connectivity index (χ4v) is 3.76. The number of aryl methyl sites for hydroxylation is 1. The van der Waals surface area contributed by atoms with Gasteiger partial charge in [-0.05, 0) is 25.7 Å². The molecule has 2 N–H and O–H groups in total. The van der Waals surface area contributed by atoms with Crippen LogP contribution in [0, 0.1) is 16.0 Å². The van der Waals surface area contributed by atoms with E-state index in [1.807, 2.05) is 0 Å². The second-order valence-corrected chi connectivity index (χ2v) is 6.55. The zero-order valence-electron chi connectivity index (χ0n) is 13.6. The number of fused-ring (bicyclic) bond motifs is 1. The number of alkyl halides is 3. The van der Waals surface area contributed by atoms with Crippen molar-refractivity contribution < 1.29 is 28.0 Å². The number of rotatable bonds is 3. The molecule has 1 aromatic heterocycles. The van der Waals surface area contributed by atoms with E-state index in [4.69, 9.17) is 5.11 Å². The first-order valence-electron chi connectivity index (χ1n) is 8.13. The van der Waals surface area contributed by atoms with E-state index in [0.29, 0.717) is 24.1 Å². The normalized spacial score (nSPS) is 22.8. The van der Waals surface area contributed by atoms with Crippen LogP contribution in [-0.2, 0) is 12.8 Å². The van der Waals surface area contributed by atoms with Crippen molar-refractivity contribution >= 4 is 17.5 Å². The van der Waals surface area contributed by atoms with Crippen LogP contribution in [0.4, 0.5) is 29.3 Å². The highest BCUT2D eigenvalue weighted by molar-refractivity contribution is 5.70. The monoisotopic (exact) mass is 374 g/mol. The van der Waals surface area contributed by atoms with E-state index in [1.54, 1.807) is 0 Å². The van der Waals surface area contributed by atoms with Gasteiger partial charge in [-0.15, -0.1) is 0 Å². The molecule has 8 nitrogen and oxygen atoms in total. The Kier molecular flexibility index (Phi) is 4.63. The molecule has 1 amide bonds. The number of hydrogen-bond donors (Lipinski definition) is 2. The van der Waals surface area contributed by atoms with Crippen molar-refractivity contribution in [2.75, 3.05) is 18.0 Å². The molecule has 0 spiro atoms. The number of carboxylic acid groups (broad SMARTS) is 1. The molecule has 0 radical (unpaired) electrons. The molecule has 0 bridgehead atoms. The average molecular weight is 374 g/mol. The van der Waals surface area contributed by atoms with Crippen LogP contribution in [0.3, 0.4) is 0 Å².